The van der Waals surface area contributed by atoms with Crippen molar-refractivity contribution in [3.63, 3.8) is 0 Å². The maximum atomic E-state index is 8.59. The lowest BCUT2D eigenvalue weighted by atomic mass is 10.2. The van der Waals surface area contributed by atoms with Gasteiger partial charge in [-0.05, 0) is 18.6 Å². The molecule has 0 saturated carbocycles. The Hall–Kier alpha value is -1.86. The Kier molecular flexibility index (Phi) is 4.32. The van der Waals surface area contributed by atoms with Crippen LogP contribution in [0.4, 0.5) is 0 Å². The molecule has 0 aliphatic carbocycles. The van der Waals surface area contributed by atoms with Gasteiger partial charge in [0.2, 0.25) is 0 Å². The average Bonchev–Trinajstić information content (AvgIpc) is 2.80. The molecule has 4 heteroatoms. The van der Waals surface area contributed by atoms with Gasteiger partial charge in [-0.25, -0.2) is 4.98 Å². The van der Waals surface area contributed by atoms with Crippen molar-refractivity contribution in [1.82, 2.24) is 4.98 Å². The van der Waals surface area contributed by atoms with Crippen LogP contribution in [-0.2, 0) is 12.8 Å². The van der Waals surface area contributed by atoms with Gasteiger partial charge in [0, 0.05) is 17.5 Å². The summed E-state index contributed by atoms with van der Waals surface area (Å²) in [6.45, 7) is 2.65. The molecule has 0 N–H and O–H groups in total. The van der Waals surface area contributed by atoms with Crippen LogP contribution in [0.3, 0.4) is 0 Å². The van der Waals surface area contributed by atoms with E-state index in [1.807, 2.05) is 31.2 Å². The highest BCUT2D eigenvalue weighted by molar-refractivity contribution is 7.11. The lowest BCUT2D eigenvalue weighted by Gasteiger charge is -2.07. The summed E-state index contributed by atoms with van der Waals surface area (Å²) in [5.74, 6) is 0.923. The molecule has 1 aromatic carbocycles. The first-order valence-electron chi connectivity index (χ1n) is 5.78. The second kappa shape index (κ2) is 6.18. The van der Waals surface area contributed by atoms with E-state index >= 15 is 0 Å². The molecule has 0 bridgehead atoms. The van der Waals surface area contributed by atoms with Crippen molar-refractivity contribution in [3.05, 3.63) is 45.9 Å². The zero-order valence-corrected chi connectivity index (χ0v) is 11.0. The van der Waals surface area contributed by atoms with Crippen LogP contribution in [0.1, 0.15) is 15.4 Å². The first-order chi connectivity index (χ1) is 8.79. The number of nitrogens with zero attached hydrogens (tertiary/aromatic N) is 2. The second-order valence-electron chi connectivity index (χ2n) is 3.92. The third-order valence-electron chi connectivity index (χ3n) is 2.52. The maximum Gasteiger partial charge on any atom is 0.122 e. The van der Waals surface area contributed by atoms with Crippen LogP contribution in [0, 0.1) is 18.3 Å². The van der Waals surface area contributed by atoms with Gasteiger partial charge in [-0.15, -0.1) is 11.3 Å². The van der Waals surface area contributed by atoms with Crippen LogP contribution in [0.25, 0.3) is 0 Å². The summed E-state index contributed by atoms with van der Waals surface area (Å²) < 4.78 is 5.71. The topological polar surface area (TPSA) is 45.9 Å². The molecule has 0 spiro atoms. The van der Waals surface area contributed by atoms with E-state index in [-0.39, 0.29) is 0 Å². The van der Waals surface area contributed by atoms with E-state index in [2.05, 4.69) is 11.1 Å². The molecule has 0 fully saturated rings. The van der Waals surface area contributed by atoms with Gasteiger partial charge >= 0.3 is 0 Å². The van der Waals surface area contributed by atoms with Crippen molar-refractivity contribution in [1.29, 1.82) is 5.26 Å². The summed E-state index contributed by atoms with van der Waals surface area (Å²) in [5, 5.41) is 9.61. The van der Waals surface area contributed by atoms with Gasteiger partial charge in [0.1, 0.15) is 5.75 Å². The molecule has 0 aliphatic rings. The molecule has 0 saturated heterocycles. The lowest BCUT2D eigenvalue weighted by molar-refractivity contribution is 0.319. The van der Waals surface area contributed by atoms with Gasteiger partial charge < -0.3 is 4.74 Å². The first-order valence-corrected chi connectivity index (χ1v) is 6.60. The van der Waals surface area contributed by atoms with Crippen molar-refractivity contribution in [2.75, 3.05) is 6.61 Å². The number of hydrogen-bond acceptors (Lipinski definition) is 4. The number of para-hydroxylation sites is 1. The fraction of sp³-hybridized carbons (Fsp3) is 0.286. The molecule has 2 rings (SSSR count). The molecular weight excluding hydrogens is 244 g/mol. The van der Waals surface area contributed by atoms with Crippen molar-refractivity contribution < 1.29 is 4.74 Å². The molecule has 2 aromatic rings. The summed E-state index contributed by atoms with van der Waals surface area (Å²) in [6.07, 6.45) is 3.00. The highest BCUT2D eigenvalue weighted by Crippen LogP contribution is 2.18. The van der Waals surface area contributed by atoms with E-state index in [4.69, 9.17) is 10.00 Å². The third kappa shape index (κ3) is 3.31. The number of nitriles is 1. The van der Waals surface area contributed by atoms with E-state index < -0.39 is 0 Å². The van der Waals surface area contributed by atoms with Crippen LogP contribution in [-0.4, -0.2) is 11.6 Å². The number of rotatable bonds is 5. The molecule has 0 unspecified atom stereocenters. The Morgan fingerprint density at radius 3 is 3.00 bits per heavy atom. The Morgan fingerprint density at radius 1 is 1.39 bits per heavy atom. The van der Waals surface area contributed by atoms with Crippen LogP contribution >= 0.6 is 11.3 Å². The van der Waals surface area contributed by atoms with E-state index in [9.17, 15) is 0 Å². The summed E-state index contributed by atoms with van der Waals surface area (Å²) >= 11 is 1.58. The Balaban J connectivity index is 1.85. The molecule has 1 aromatic heterocycles. The number of aryl methyl sites for hydroxylation is 1. The quantitative estimate of drug-likeness (QED) is 0.827. The van der Waals surface area contributed by atoms with Gasteiger partial charge in [0.15, 0.2) is 0 Å². The lowest BCUT2D eigenvalue weighted by Crippen LogP contribution is -2.01. The molecule has 92 valence electrons. The average molecular weight is 258 g/mol. The summed E-state index contributed by atoms with van der Waals surface area (Å²) in [4.78, 5) is 5.29. The SMILES string of the molecule is Cc1ccccc1OCCc1ncc(CC#N)s1. The molecular formula is C14H14N2OS. The molecule has 0 aliphatic heterocycles. The summed E-state index contributed by atoms with van der Waals surface area (Å²) in [5.41, 5.74) is 1.14. The van der Waals surface area contributed by atoms with Gasteiger partial charge in [0.25, 0.3) is 0 Å². The summed E-state index contributed by atoms with van der Waals surface area (Å²) in [6, 6.07) is 10.1. The van der Waals surface area contributed by atoms with Crippen LogP contribution in [0.15, 0.2) is 30.5 Å². The van der Waals surface area contributed by atoms with E-state index in [1.54, 1.807) is 17.5 Å². The van der Waals surface area contributed by atoms with Gasteiger partial charge in [-0.1, -0.05) is 18.2 Å². The standard InChI is InChI=1S/C14H14N2OS/c1-11-4-2-3-5-13(11)17-9-7-14-16-10-12(18-14)6-8-15/h2-5,10H,6-7,9H2,1H3. The first kappa shape index (κ1) is 12.6. The van der Waals surface area contributed by atoms with Crippen LogP contribution in [0.5, 0.6) is 5.75 Å². The summed E-state index contributed by atoms with van der Waals surface area (Å²) in [7, 11) is 0. The predicted octanol–water partition coefficient (Wildman–Crippen LogP) is 3.14. The highest BCUT2D eigenvalue weighted by atomic mass is 32.1. The second-order valence-corrected chi connectivity index (χ2v) is 5.12. The van der Waals surface area contributed by atoms with Crippen molar-refractivity contribution in [3.8, 4) is 11.8 Å². The van der Waals surface area contributed by atoms with Crippen molar-refractivity contribution in [2.24, 2.45) is 0 Å². The number of benzene rings is 1. The molecule has 0 radical (unpaired) electrons. The van der Waals surface area contributed by atoms with E-state index in [0.29, 0.717) is 13.0 Å². The van der Waals surface area contributed by atoms with E-state index in [0.717, 1.165) is 27.6 Å². The minimum Gasteiger partial charge on any atom is -0.493 e. The largest absolute Gasteiger partial charge is 0.493 e. The zero-order valence-electron chi connectivity index (χ0n) is 10.2. The molecule has 0 amide bonds. The number of ether oxygens (including phenoxy) is 1. The normalized spacial score (nSPS) is 10.0. The van der Waals surface area contributed by atoms with Gasteiger partial charge in [-0.3, -0.25) is 0 Å². The number of aromatic nitrogens is 1. The minimum absolute atomic E-state index is 0.441. The Bertz CT molecular complexity index is 557. The van der Waals surface area contributed by atoms with Crippen molar-refractivity contribution in [2.45, 2.75) is 19.8 Å². The fourth-order valence-corrected chi connectivity index (χ4v) is 2.43. The molecule has 0 atom stereocenters. The van der Waals surface area contributed by atoms with Gasteiger partial charge in [-0.2, -0.15) is 5.26 Å². The Morgan fingerprint density at radius 2 is 2.22 bits per heavy atom. The van der Waals surface area contributed by atoms with Crippen molar-refractivity contribution >= 4 is 11.3 Å². The number of thiazole rings is 1. The molecule has 3 nitrogen and oxygen atoms in total. The van der Waals surface area contributed by atoms with E-state index in [1.165, 1.54) is 0 Å². The third-order valence-corrected chi connectivity index (χ3v) is 3.58. The zero-order chi connectivity index (χ0) is 12.8. The van der Waals surface area contributed by atoms with Crippen LogP contribution < -0.4 is 4.74 Å². The smallest absolute Gasteiger partial charge is 0.122 e. The molecule has 1 heterocycles. The van der Waals surface area contributed by atoms with Crippen LogP contribution in [0.2, 0.25) is 0 Å². The maximum absolute atomic E-state index is 8.59. The minimum atomic E-state index is 0.441. The molecule has 18 heavy (non-hydrogen) atoms. The monoisotopic (exact) mass is 258 g/mol. The fourth-order valence-electron chi connectivity index (χ4n) is 1.59. The predicted molar refractivity (Wildman–Crippen MR) is 71.8 cm³/mol. The highest BCUT2D eigenvalue weighted by Gasteiger charge is 2.03. The number of hydrogen-bond donors (Lipinski definition) is 0. The Labute approximate surface area is 111 Å². The van der Waals surface area contributed by atoms with Gasteiger partial charge in [0.05, 0.1) is 24.1 Å².